The minimum absolute atomic E-state index is 0.0323. The van der Waals surface area contributed by atoms with Gasteiger partial charge in [0.15, 0.2) is 0 Å². The number of hydrogen-bond acceptors (Lipinski definition) is 4. The van der Waals surface area contributed by atoms with Gasteiger partial charge in [-0.2, -0.15) is 5.10 Å². The molecule has 2 aromatic rings. The van der Waals surface area contributed by atoms with E-state index < -0.39 is 4.92 Å². The summed E-state index contributed by atoms with van der Waals surface area (Å²) in [6.07, 6.45) is 1.79. The molecular weight excluding hydrogens is 377 g/mol. The first kappa shape index (κ1) is 18.1. The number of carbonyl (C=O) groups excluding carboxylic acids is 1. The summed E-state index contributed by atoms with van der Waals surface area (Å²) < 4.78 is 0. The van der Waals surface area contributed by atoms with E-state index in [1.54, 1.807) is 37.3 Å². The molecule has 0 aliphatic carbocycles. The second-order valence-electron chi connectivity index (χ2n) is 5.72. The molecule has 0 saturated carbocycles. The molecule has 6 nitrogen and oxygen atoms in total. The molecule has 0 saturated heterocycles. The summed E-state index contributed by atoms with van der Waals surface area (Å²) in [4.78, 5) is 22.4. The standard InChI is InChI=1S/C18H13Cl2N3O3/c1-10-7-13-8-16(19)17(20)9-15(13)18(21-22(10)11(2)24)12-3-5-14(6-4-12)23(25)26/h3-9H,1-2H3. The lowest BCUT2D eigenvalue weighted by Gasteiger charge is -2.16. The Bertz CT molecular complexity index is 982. The molecule has 26 heavy (non-hydrogen) atoms. The third-order valence-corrected chi connectivity index (χ3v) is 4.62. The van der Waals surface area contributed by atoms with Crippen LogP contribution >= 0.6 is 23.2 Å². The van der Waals surface area contributed by atoms with Crippen LogP contribution in [0.25, 0.3) is 6.08 Å². The van der Waals surface area contributed by atoms with Crippen molar-refractivity contribution in [2.24, 2.45) is 5.10 Å². The molecule has 0 atom stereocenters. The van der Waals surface area contributed by atoms with Crippen molar-refractivity contribution < 1.29 is 9.72 Å². The van der Waals surface area contributed by atoms with Gasteiger partial charge in [0.1, 0.15) is 0 Å². The predicted molar refractivity (Wildman–Crippen MR) is 101 cm³/mol. The maximum Gasteiger partial charge on any atom is 0.269 e. The largest absolute Gasteiger partial charge is 0.273 e. The molecule has 0 spiro atoms. The third kappa shape index (κ3) is 3.34. The summed E-state index contributed by atoms with van der Waals surface area (Å²) in [7, 11) is 0. The van der Waals surface area contributed by atoms with Gasteiger partial charge in [-0.25, -0.2) is 5.01 Å². The molecule has 0 radical (unpaired) electrons. The number of rotatable bonds is 2. The average Bonchev–Trinajstić information content (AvgIpc) is 2.72. The van der Waals surface area contributed by atoms with Gasteiger partial charge >= 0.3 is 0 Å². The van der Waals surface area contributed by atoms with E-state index in [0.717, 1.165) is 5.56 Å². The Hall–Kier alpha value is -2.70. The Kier molecular flexibility index (Phi) is 4.80. The van der Waals surface area contributed by atoms with Crippen molar-refractivity contribution in [3.8, 4) is 0 Å². The Morgan fingerprint density at radius 2 is 1.77 bits per heavy atom. The number of hydrogen-bond donors (Lipinski definition) is 0. The van der Waals surface area contributed by atoms with Gasteiger partial charge < -0.3 is 0 Å². The summed E-state index contributed by atoms with van der Waals surface area (Å²) in [5, 5.41) is 17.4. The molecule has 1 aliphatic rings. The summed E-state index contributed by atoms with van der Waals surface area (Å²) in [6.45, 7) is 3.17. The topological polar surface area (TPSA) is 75.8 Å². The molecule has 0 N–H and O–H groups in total. The zero-order valence-electron chi connectivity index (χ0n) is 13.9. The number of nitro benzene ring substituents is 1. The molecule has 3 rings (SSSR count). The molecule has 0 unspecified atom stereocenters. The van der Waals surface area contributed by atoms with Crippen molar-refractivity contribution in [1.82, 2.24) is 5.01 Å². The molecule has 0 bridgehead atoms. The first-order valence-corrected chi connectivity index (χ1v) is 8.35. The lowest BCUT2D eigenvalue weighted by molar-refractivity contribution is -0.384. The number of benzene rings is 2. The van der Waals surface area contributed by atoms with Crippen LogP contribution < -0.4 is 0 Å². The van der Waals surface area contributed by atoms with E-state index in [2.05, 4.69) is 5.10 Å². The van der Waals surface area contributed by atoms with Crippen LogP contribution in [-0.4, -0.2) is 21.6 Å². The van der Waals surface area contributed by atoms with Gasteiger partial charge in [0.2, 0.25) is 5.91 Å². The molecule has 132 valence electrons. The molecule has 2 aromatic carbocycles. The number of allylic oxidation sites excluding steroid dienone is 1. The number of halogens is 2. The normalized spacial score (nSPS) is 13.5. The van der Waals surface area contributed by atoms with Crippen molar-refractivity contribution in [3.63, 3.8) is 0 Å². The highest BCUT2D eigenvalue weighted by Gasteiger charge is 2.22. The molecule has 8 heteroatoms. The third-order valence-electron chi connectivity index (χ3n) is 3.90. The fourth-order valence-electron chi connectivity index (χ4n) is 2.68. The second-order valence-corrected chi connectivity index (χ2v) is 6.54. The number of carbonyl (C=O) groups is 1. The van der Waals surface area contributed by atoms with Gasteiger partial charge in [-0.3, -0.25) is 14.9 Å². The molecule has 1 amide bonds. The van der Waals surface area contributed by atoms with E-state index in [1.165, 1.54) is 24.1 Å². The SMILES string of the molecule is CC(=O)N1N=C(c2ccc([N+](=O)[O-])cc2)c2cc(Cl)c(Cl)cc2C=C1C. The van der Waals surface area contributed by atoms with E-state index in [-0.39, 0.29) is 11.6 Å². The maximum absolute atomic E-state index is 12.0. The first-order valence-electron chi connectivity index (χ1n) is 7.60. The van der Waals surface area contributed by atoms with Crippen molar-refractivity contribution in [1.29, 1.82) is 0 Å². The van der Waals surface area contributed by atoms with Crippen LogP contribution in [-0.2, 0) is 4.79 Å². The van der Waals surface area contributed by atoms with Gasteiger partial charge in [-0.15, -0.1) is 0 Å². The van der Waals surface area contributed by atoms with E-state index in [4.69, 9.17) is 23.2 Å². The highest BCUT2D eigenvalue weighted by molar-refractivity contribution is 6.42. The molecular formula is C18H13Cl2N3O3. The first-order chi connectivity index (χ1) is 12.3. The average molecular weight is 390 g/mol. The summed E-state index contributed by atoms with van der Waals surface area (Å²) >= 11 is 12.3. The smallest absolute Gasteiger partial charge is 0.269 e. The van der Waals surface area contributed by atoms with Crippen LogP contribution in [0, 0.1) is 10.1 Å². The summed E-state index contributed by atoms with van der Waals surface area (Å²) in [5.41, 5.74) is 3.10. The van der Waals surface area contributed by atoms with Crippen LogP contribution in [0.1, 0.15) is 30.5 Å². The Morgan fingerprint density at radius 3 is 2.35 bits per heavy atom. The zero-order chi connectivity index (χ0) is 19.0. The number of amides is 1. The highest BCUT2D eigenvalue weighted by atomic mass is 35.5. The van der Waals surface area contributed by atoms with E-state index in [9.17, 15) is 14.9 Å². The van der Waals surface area contributed by atoms with Gasteiger partial charge in [-0.1, -0.05) is 23.2 Å². The molecule has 1 aliphatic heterocycles. The Balaban J connectivity index is 2.24. The van der Waals surface area contributed by atoms with Crippen molar-refractivity contribution >= 4 is 46.6 Å². The fraction of sp³-hybridized carbons (Fsp3) is 0.111. The van der Waals surface area contributed by atoms with Gasteiger partial charge in [-0.05, 0) is 42.8 Å². The monoisotopic (exact) mass is 389 g/mol. The number of nitrogens with zero attached hydrogens (tertiary/aromatic N) is 3. The molecule has 0 fully saturated rings. The van der Waals surface area contributed by atoms with E-state index in [1.807, 2.05) is 0 Å². The minimum Gasteiger partial charge on any atom is -0.273 e. The van der Waals surface area contributed by atoms with E-state index >= 15 is 0 Å². The zero-order valence-corrected chi connectivity index (χ0v) is 15.4. The minimum atomic E-state index is -0.475. The second kappa shape index (κ2) is 6.90. The quantitative estimate of drug-likeness (QED) is 0.542. The lowest BCUT2D eigenvalue weighted by atomic mass is 9.97. The maximum atomic E-state index is 12.0. The Morgan fingerprint density at radius 1 is 1.15 bits per heavy atom. The lowest BCUT2D eigenvalue weighted by Crippen LogP contribution is -2.22. The van der Waals surface area contributed by atoms with Crippen molar-refractivity contribution in [2.45, 2.75) is 13.8 Å². The number of nitro groups is 1. The van der Waals surface area contributed by atoms with Crippen molar-refractivity contribution in [3.05, 3.63) is 78.9 Å². The fourth-order valence-corrected chi connectivity index (χ4v) is 3.01. The van der Waals surface area contributed by atoms with Crippen LogP contribution in [0.15, 0.2) is 47.2 Å². The summed E-state index contributed by atoms with van der Waals surface area (Å²) in [6, 6.07) is 9.32. The number of fused-ring (bicyclic) bond motifs is 1. The summed E-state index contributed by atoms with van der Waals surface area (Å²) in [5.74, 6) is -0.261. The van der Waals surface area contributed by atoms with Gasteiger partial charge in [0.05, 0.1) is 20.7 Å². The van der Waals surface area contributed by atoms with Crippen LogP contribution in [0.3, 0.4) is 0 Å². The van der Waals surface area contributed by atoms with Crippen LogP contribution in [0.2, 0.25) is 10.0 Å². The van der Waals surface area contributed by atoms with Crippen LogP contribution in [0.4, 0.5) is 5.69 Å². The van der Waals surface area contributed by atoms with E-state index in [0.29, 0.717) is 32.6 Å². The van der Waals surface area contributed by atoms with Crippen LogP contribution in [0.5, 0.6) is 0 Å². The molecule has 0 aromatic heterocycles. The molecule has 1 heterocycles. The number of hydrazone groups is 1. The predicted octanol–water partition coefficient (Wildman–Crippen LogP) is 4.88. The van der Waals surface area contributed by atoms with Crippen molar-refractivity contribution in [2.75, 3.05) is 0 Å². The number of non-ortho nitro benzene ring substituents is 1. The highest BCUT2D eigenvalue weighted by Crippen LogP contribution is 2.32. The van der Waals surface area contributed by atoms with Gasteiger partial charge in [0, 0.05) is 35.9 Å². The van der Waals surface area contributed by atoms with Gasteiger partial charge in [0.25, 0.3) is 5.69 Å². The Labute approximate surface area is 159 Å².